The van der Waals surface area contributed by atoms with E-state index in [-0.39, 0.29) is 40.7 Å². The SMILES string of the molecule is CC(C)COC(=O)c1ccc(Cl)cc1C(=O)OCC(C)C.CCCCOC(=O)c1ccc(Cl)cc1C(=O)OCCCC. The Hall–Kier alpha value is -3.10. The third-order valence-electron chi connectivity index (χ3n) is 5.40. The Morgan fingerprint density at radius 2 is 0.905 bits per heavy atom. The van der Waals surface area contributed by atoms with E-state index in [4.69, 9.17) is 42.1 Å². The van der Waals surface area contributed by atoms with Crippen molar-refractivity contribution >= 4 is 47.1 Å². The van der Waals surface area contributed by atoms with Gasteiger partial charge in [-0.25, -0.2) is 19.2 Å². The van der Waals surface area contributed by atoms with Gasteiger partial charge >= 0.3 is 23.9 Å². The molecule has 0 spiro atoms. The summed E-state index contributed by atoms with van der Waals surface area (Å²) in [6.07, 6.45) is 3.42. The smallest absolute Gasteiger partial charge is 0.339 e. The quantitative estimate of drug-likeness (QED) is 0.118. The second kappa shape index (κ2) is 19.9. The Morgan fingerprint density at radius 1 is 0.571 bits per heavy atom. The second-order valence-corrected chi connectivity index (χ2v) is 11.2. The van der Waals surface area contributed by atoms with Gasteiger partial charge in [-0.2, -0.15) is 0 Å². The highest BCUT2D eigenvalue weighted by molar-refractivity contribution is 6.31. The average molecular weight is 626 g/mol. The maximum absolute atomic E-state index is 12.1. The first-order valence-electron chi connectivity index (χ1n) is 14.2. The normalized spacial score (nSPS) is 10.5. The number of ether oxygens (including phenoxy) is 4. The maximum atomic E-state index is 12.1. The lowest BCUT2D eigenvalue weighted by atomic mass is 10.1. The van der Waals surface area contributed by atoms with Crippen molar-refractivity contribution in [2.75, 3.05) is 26.4 Å². The van der Waals surface area contributed by atoms with Crippen molar-refractivity contribution in [1.82, 2.24) is 0 Å². The molecule has 0 aliphatic heterocycles. The standard InChI is InChI=1S/2C16H21ClO4/c1-10(2)8-20-15(18)13-6-5-12(17)7-14(13)16(19)21-9-11(3)4;1-3-5-9-20-15(18)13-8-7-12(17)11-14(13)16(19)21-10-6-4-2/h5-7,10-11H,8-9H2,1-4H3;7-8,11H,3-6,9-10H2,1-2H3. The van der Waals surface area contributed by atoms with E-state index in [9.17, 15) is 19.2 Å². The summed E-state index contributed by atoms with van der Waals surface area (Å²) < 4.78 is 20.6. The van der Waals surface area contributed by atoms with Crippen LogP contribution >= 0.6 is 23.2 Å². The van der Waals surface area contributed by atoms with E-state index in [1.165, 1.54) is 24.3 Å². The number of hydrogen-bond donors (Lipinski definition) is 0. The summed E-state index contributed by atoms with van der Waals surface area (Å²) in [5.74, 6) is -1.75. The summed E-state index contributed by atoms with van der Waals surface area (Å²) in [6.45, 7) is 13.0. The van der Waals surface area contributed by atoms with Crippen LogP contribution in [0.2, 0.25) is 10.0 Å². The minimum absolute atomic E-state index is 0.136. The largest absolute Gasteiger partial charge is 0.462 e. The lowest BCUT2D eigenvalue weighted by Crippen LogP contribution is -2.17. The Kier molecular flexibility index (Phi) is 17.5. The molecule has 0 unspecified atom stereocenters. The van der Waals surface area contributed by atoms with Gasteiger partial charge in [0, 0.05) is 10.0 Å². The average Bonchev–Trinajstić information content (AvgIpc) is 2.94. The van der Waals surface area contributed by atoms with Gasteiger partial charge in [-0.15, -0.1) is 0 Å². The summed E-state index contributed by atoms with van der Waals surface area (Å²) in [7, 11) is 0. The fraction of sp³-hybridized carbons (Fsp3) is 0.500. The summed E-state index contributed by atoms with van der Waals surface area (Å²) in [5.41, 5.74) is 0.655. The Labute approximate surface area is 258 Å². The van der Waals surface area contributed by atoms with E-state index in [0.717, 1.165) is 25.7 Å². The van der Waals surface area contributed by atoms with Crippen LogP contribution in [0, 0.1) is 11.8 Å². The van der Waals surface area contributed by atoms with Gasteiger partial charge in [-0.3, -0.25) is 0 Å². The van der Waals surface area contributed by atoms with Crippen molar-refractivity contribution in [3.63, 3.8) is 0 Å². The molecule has 2 aromatic rings. The van der Waals surface area contributed by atoms with E-state index in [1.807, 2.05) is 41.5 Å². The van der Waals surface area contributed by atoms with Gasteiger partial charge in [0.1, 0.15) is 0 Å². The summed E-state index contributed by atoms with van der Waals surface area (Å²) in [6, 6.07) is 8.94. The van der Waals surface area contributed by atoms with Crippen LogP contribution in [0.5, 0.6) is 0 Å². The van der Waals surface area contributed by atoms with Gasteiger partial charge < -0.3 is 18.9 Å². The molecule has 0 saturated carbocycles. The van der Waals surface area contributed by atoms with Crippen LogP contribution in [-0.4, -0.2) is 50.3 Å². The molecule has 0 aliphatic rings. The summed E-state index contributed by atoms with van der Waals surface area (Å²) in [4.78, 5) is 48.2. The molecular formula is C32H42Cl2O8. The molecule has 0 aliphatic carbocycles. The number of rotatable bonds is 14. The Morgan fingerprint density at radius 3 is 1.26 bits per heavy atom. The van der Waals surface area contributed by atoms with Crippen molar-refractivity contribution < 1.29 is 38.1 Å². The third kappa shape index (κ3) is 13.7. The van der Waals surface area contributed by atoms with Crippen molar-refractivity contribution in [1.29, 1.82) is 0 Å². The predicted molar refractivity (Wildman–Crippen MR) is 164 cm³/mol. The molecule has 2 rings (SSSR count). The van der Waals surface area contributed by atoms with Crippen molar-refractivity contribution in [2.45, 2.75) is 67.2 Å². The second-order valence-electron chi connectivity index (χ2n) is 10.3. The zero-order valence-electron chi connectivity index (χ0n) is 25.3. The van der Waals surface area contributed by atoms with Crippen molar-refractivity contribution in [3.8, 4) is 0 Å². The van der Waals surface area contributed by atoms with Crippen molar-refractivity contribution in [2.24, 2.45) is 11.8 Å². The van der Waals surface area contributed by atoms with Gasteiger partial charge in [0.2, 0.25) is 0 Å². The molecule has 0 fully saturated rings. The highest BCUT2D eigenvalue weighted by Gasteiger charge is 2.21. The summed E-state index contributed by atoms with van der Waals surface area (Å²) >= 11 is 11.8. The van der Waals surface area contributed by atoms with E-state index in [0.29, 0.717) is 29.9 Å². The van der Waals surface area contributed by atoms with Crippen LogP contribution in [0.25, 0.3) is 0 Å². The molecule has 0 saturated heterocycles. The number of carbonyl (C=O) groups excluding carboxylic acids is 4. The molecule has 232 valence electrons. The first-order chi connectivity index (χ1) is 19.9. The number of esters is 4. The van der Waals surface area contributed by atoms with E-state index < -0.39 is 23.9 Å². The Balaban J connectivity index is 0.000000420. The number of benzene rings is 2. The first-order valence-corrected chi connectivity index (χ1v) is 14.9. The molecule has 8 nitrogen and oxygen atoms in total. The highest BCUT2D eigenvalue weighted by Crippen LogP contribution is 2.20. The third-order valence-corrected chi connectivity index (χ3v) is 5.87. The van der Waals surface area contributed by atoms with Gasteiger partial charge in [0.15, 0.2) is 0 Å². The molecule has 2 aromatic carbocycles. The zero-order valence-corrected chi connectivity index (χ0v) is 26.8. The maximum Gasteiger partial charge on any atom is 0.339 e. The van der Waals surface area contributed by atoms with Gasteiger partial charge in [-0.1, -0.05) is 77.6 Å². The van der Waals surface area contributed by atoms with E-state index in [1.54, 1.807) is 12.1 Å². The Bertz CT molecular complexity index is 1180. The molecule has 0 atom stereocenters. The molecule has 0 heterocycles. The predicted octanol–water partition coefficient (Wildman–Crippen LogP) is 8.22. The zero-order chi connectivity index (χ0) is 31.7. The fourth-order valence-corrected chi connectivity index (χ4v) is 3.49. The monoisotopic (exact) mass is 624 g/mol. The van der Waals surface area contributed by atoms with Crippen LogP contribution in [-0.2, 0) is 18.9 Å². The van der Waals surface area contributed by atoms with E-state index >= 15 is 0 Å². The lowest BCUT2D eigenvalue weighted by Gasteiger charge is -2.12. The number of hydrogen-bond acceptors (Lipinski definition) is 8. The van der Waals surface area contributed by atoms with E-state index in [2.05, 4.69) is 0 Å². The molecule has 0 amide bonds. The van der Waals surface area contributed by atoms with Gasteiger partial charge in [-0.05, 0) is 61.1 Å². The molecule has 0 bridgehead atoms. The summed E-state index contributed by atoms with van der Waals surface area (Å²) in [5, 5.41) is 0.745. The van der Waals surface area contributed by atoms with Crippen LogP contribution < -0.4 is 0 Å². The fourth-order valence-electron chi connectivity index (χ4n) is 3.14. The lowest BCUT2D eigenvalue weighted by molar-refractivity contribution is 0.0412. The molecule has 0 aromatic heterocycles. The molecule has 0 N–H and O–H groups in total. The first kappa shape index (κ1) is 36.9. The molecule has 10 heteroatoms. The van der Waals surface area contributed by atoms with Crippen LogP contribution in [0.4, 0.5) is 0 Å². The number of unbranched alkanes of at least 4 members (excludes halogenated alkanes) is 2. The number of carbonyl (C=O) groups is 4. The minimum Gasteiger partial charge on any atom is -0.462 e. The minimum atomic E-state index is -0.567. The van der Waals surface area contributed by atoms with Gasteiger partial charge in [0.25, 0.3) is 0 Å². The topological polar surface area (TPSA) is 105 Å². The highest BCUT2D eigenvalue weighted by atomic mass is 35.5. The molecular weight excluding hydrogens is 583 g/mol. The van der Waals surface area contributed by atoms with Crippen LogP contribution in [0.1, 0.15) is 109 Å². The van der Waals surface area contributed by atoms with Crippen LogP contribution in [0.15, 0.2) is 36.4 Å². The molecule has 0 radical (unpaired) electrons. The van der Waals surface area contributed by atoms with Crippen LogP contribution in [0.3, 0.4) is 0 Å². The number of halogens is 2. The molecule has 42 heavy (non-hydrogen) atoms. The van der Waals surface area contributed by atoms with Crippen molar-refractivity contribution in [3.05, 3.63) is 68.7 Å². The van der Waals surface area contributed by atoms with Gasteiger partial charge in [0.05, 0.1) is 48.7 Å².